The first kappa shape index (κ1) is 13.6. The minimum absolute atomic E-state index is 0.709. The van der Waals surface area contributed by atoms with Crippen molar-refractivity contribution < 1.29 is 0 Å². The highest BCUT2D eigenvalue weighted by Crippen LogP contribution is 2.20. The van der Waals surface area contributed by atoms with Crippen LogP contribution < -0.4 is 11.1 Å². The highest BCUT2D eigenvalue weighted by atomic mass is 15.3. The van der Waals surface area contributed by atoms with E-state index in [2.05, 4.69) is 48.5 Å². The predicted molar refractivity (Wildman–Crippen MR) is 79.8 cm³/mol. The molecule has 0 aliphatic rings. The second-order valence-corrected chi connectivity index (χ2v) is 4.68. The summed E-state index contributed by atoms with van der Waals surface area (Å²) in [7, 11) is 0. The van der Waals surface area contributed by atoms with Crippen LogP contribution in [0.5, 0.6) is 0 Å². The lowest BCUT2D eigenvalue weighted by Crippen LogP contribution is -2.10. The van der Waals surface area contributed by atoms with Gasteiger partial charge in [0.15, 0.2) is 0 Å². The quantitative estimate of drug-likeness (QED) is 0.783. The summed E-state index contributed by atoms with van der Waals surface area (Å²) in [5.41, 5.74) is 10.2. The number of rotatable bonds is 6. The van der Waals surface area contributed by atoms with Crippen LogP contribution in [0.15, 0.2) is 30.5 Å². The van der Waals surface area contributed by atoms with E-state index < -0.39 is 0 Å². The van der Waals surface area contributed by atoms with Crippen LogP contribution in [-0.4, -0.2) is 22.9 Å². The van der Waals surface area contributed by atoms with Crippen LogP contribution in [0, 0.1) is 6.92 Å². The number of nitrogens with one attached hydrogen (secondary N) is 1. The minimum Gasteiger partial charge on any atom is -0.382 e. The molecule has 0 amide bonds. The fourth-order valence-corrected chi connectivity index (χ4v) is 2.17. The molecule has 2 aromatic rings. The van der Waals surface area contributed by atoms with E-state index in [0.717, 1.165) is 30.8 Å². The van der Waals surface area contributed by atoms with Gasteiger partial charge in [-0.2, -0.15) is 5.10 Å². The molecule has 0 saturated carbocycles. The Morgan fingerprint density at radius 3 is 2.89 bits per heavy atom. The van der Waals surface area contributed by atoms with Crippen molar-refractivity contribution in [3.8, 4) is 5.69 Å². The van der Waals surface area contributed by atoms with Gasteiger partial charge in [-0.15, -0.1) is 0 Å². The molecule has 0 atom stereocenters. The number of hydrogen-bond donors (Lipinski definition) is 2. The molecule has 0 bridgehead atoms. The maximum atomic E-state index is 5.52. The fraction of sp³-hybridized carbons (Fsp3) is 0.400. The van der Waals surface area contributed by atoms with E-state index in [1.165, 1.54) is 11.3 Å². The molecular weight excluding hydrogens is 236 g/mol. The van der Waals surface area contributed by atoms with E-state index in [4.69, 9.17) is 5.73 Å². The van der Waals surface area contributed by atoms with Gasteiger partial charge in [0, 0.05) is 6.54 Å². The Hall–Kier alpha value is -1.81. The number of aromatic nitrogens is 2. The molecule has 102 valence electrons. The van der Waals surface area contributed by atoms with E-state index in [0.29, 0.717) is 6.54 Å². The van der Waals surface area contributed by atoms with E-state index in [1.807, 2.05) is 10.9 Å². The molecular formula is C15H22N4. The van der Waals surface area contributed by atoms with Gasteiger partial charge in [-0.1, -0.05) is 19.1 Å². The average molecular weight is 258 g/mol. The average Bonchev–Trinajstić information content (AvgIpc) is 2.82. The van der Waals surface area contributed by atoms with Gasteiger partial charge >= 0.3 is 0 Å². The molecule has 3 N–H and O–H groups in total. The topological polar surface area (TPSA) is 55.9 Å². The van der Waals surface area contributed by atoms with Gasteiger partial charge in [0.2, 0.25) is 0 Å². The maximum Gasteiger partial charge on any atom is 0.0763 e. The molecule has 1 aromatic heterocycles. The molecule has 0 aliphatic heterocycles. The summed E-state index contributed by atoms with van der Waals surface area (Å²) in [6.07, 6.45) is 3.81. The third-order valence-corrected chi connectivity index (χ3v) is 3.15. The Bertz CT molecular complexity index is 531. The van der Waals surface area contributed by atoms with Gasteiger partial charge < -0.3 is 11.1 Å². The SMILES string of the molecule is CCc1c(NCCCN)cnn1-c1cccc(C)c1. The molecule has 4 nitrogen and oxygen atoms in total. The Kier molecular flexibility index (Phi) is 4.58. The third-order valence-electron chi connectivity index (χ3n) is 3.15. The number of aryl methyl sites for hydroxylation is 1. The summed E-state index contributed by atoms with van der Waals surface area (Å²) in [6, 6.07) is 8.39. The first-order chi connectivity index (χ1) is 9.26. The van der Waals surface area contributed by atoms with Crippen molar-refractivity contribution in [1.82, 2.24) is 9.78 Å². The summed E-state index contributed by atoms with van der Waals surface area (Å²) in [6.45, 7) is 5.85. The van der Waals surface area contributed by atoms with Crippen LogP contribution in [0.25, 0.3) is 5.69 Å². The zero-order chi connectivity index (χ0) is 13.7. The highest BCUT2D eigenvalue weighted by Gasteiger charge is 2.10. The Labute approximate surface area is 114 Å². The lowest BCUT2D eigenvalue weighted by atomic mass is 10.2. The van der Waals surface area contributed by atoms with E-state index in [1.54, 1.807) is 0 Å². The fourth-order valence-electron chi connectivity index (χ4n) is 2.17. The van der Waals surface area contributed by atoms with Gasteiger partial charge in [-0.3, -0.25) is 0 Å². The van der Waals surface area contributed by atoms with Crippen molar-refractivity contribution in [2.75, 3.05) is 18.4 Å². The van der Waals surface area contributed by atoms with Crippen LogP contribution in [0.3, 0.4) is 0 Å². The normalized spacial score (nSPS) is 10.7. The summed E-state index contributed by atoms with van der Waals surface area (Å²) < 4.78 is 2.01. The first-order valence-electron chi connectivity index (χ1n) is 6.84. The van der Waals surface area contributed by atoms with Gasteiger partial charge in [0.25, 0.3) is 0 Å². The zero-order valence-corrected chi connectivity index (χ0v) is 11.7. The van der Waals surface area contributed by atoms with Gasteiger partial charge in [0.05, 0.1) is 23.3 Å². The molecule has 0 radical (unpaired) electrons. The molecule has 4 heteroatoms. The molecule has 0 fully saturated rings. The molecule has 19 heavy (non-hydrogen) atoms. The molecule has 0 aliphatic carbocycles. The van der Waals surface area contributed by atoms with Crippen molar-refractivity contribution in [3.63, 3.8) is 0 Å². The Balaban J connectivity index is 2.26. The number of hydrogen-bond acceptors (Lipinski definition) is 3. The Morgan fingerprint density at radius 1 is 1.37 bits per heavy atom. The maximum absolute atomic E-state index is 5.52. The lowest BCUT2D eigenvalue weighted by Gasteiger charge is -2.09. The second kappa shape index (κ2) is 6.38. The van der Waals surface area contributed by atoms with Crippen molar-refractivity contribution in [1.29, 1.82) is 0 Å². The van der Waals surface area contributed by atoms with Crippen molar-refractivity contribution >= 4 is 5.69 Å². The first-order valence-corrected chi connectivity index (χ1v) is 6.84. The highest BCUT2D eigenvalue weighted by molar-refractivity contribution is 5.50. The number of anilines is 1. The predicted octanol–water partition coefficient (Wildman–Crippen LogP) is 2.50. The summed E-state index contributed by atoms with van der Waals surface area (Å²) in [5.74, 6) is 0. The van der Waals surface area contributed by atoms with Crippen molar-refractivity contribution in [2.24, 2.45) is 5.73 Å². The summed E-state index contributed by atoms with van der Waals surface area (Å²) in [5, 5.41) is 7.91. The molecule has 1 heterocycles. The molecule has 2 rings (SSSR count). The summed E-state index contributed by atoms with van der Waals surface area (Å²) in [4.78, 5) is 0. The number of benzene rings is 1. The lowest BCUT2D eigenvalue weighted by molar-refractivity contribution is 0.812. The number of nitrogens with zero attached hydrogens (tertiary/aromatic N) is 2. The standard InChI is InChI=1S/C15H22N4/c1-3-15-14(17-9-5-8-16)11-18-19(15)13-7-4-6-12(2)10-13/h4,6-7,10-11,17H,3,5,8-9,16H2,1-2H3. The Morgan fingerprint density at radius 2 is 2.21 bits per heavy atom. The largest absolute Gasteiger partial charge is 0.382 e. The van der Waals surface area contributed by atoms with Crippen LogP contribution in [-0.2, 0) is 6.42 Å². The third kappa shape index (κ3) is 3.15. The molecule has 0 saturated heterocycles. The van der Waals surface area contributed by atoms with E-state index in [9.17, 15) is 0 Å². The second-order valence-electron chi connectivity index (χ2n) is 4.68. The molecule has 0 unspecified atom stereocenters. The minimum atomic E-state index is 0.709. The van der Waals surface area contributed by atoms with Crippen molar-refractivity contribution in [2.45, 2.75) is 26.7 Å². The van der Waals surface area contributed by atoms with Gasteiger partial charge in [0.1, 0.15) is 0 Å². The smallest absolute Gasteiger partial charge is 0.0763 e. The molecule has 1 aromatic carbocycles. The van der Waals surface area contributed by atoms with Crippen molar-refractivity contribution in [3.05, 3.63) is 41.7 Å². The van der Waals surface area contributed by atoms with Crippen LogP contribution in [0.1, 0.15) is 24.6 Å². The van der Waals surface area contributed by atoms with E-state index >= 15 is 0 Å². The van der Waals surface area contributed by atoms with Crippen LogP contribution >= 0.6 is 0 Å². The van der Waals surface area contributed by atoms with E-state index in [-0.39, 0.29) is 0 Å². The monoisotopic (exact) mass is 258 g/mol. The summed E-state index contributed by atoms with van der Waals surface area (Å²) >= 11 is 0. The van der Waals surface area contributed by atoms with Crippen LogP contribution in [0.2, 0.25) is 0 Å². The molecule has 0 spiro atoms. The van der Waals surface area contributed by atoms with Gasteiger partial charge in [-0.25, -0.2) is 4.68 Å². The van der Waals surface area contributed by atoms with Gasteiger partial charge in [-0.05, 0) is 44.0 Å². The zero-order valence-electron chi connectivity index (χ0n) is 11.7. The van der Waals surface area contributed by atoms with Crippen LogP contribution in [0.4, 0.5) is 5.69 Å². The number of nitrogens with two attached hydrogens (primary N) is 1.